The number of carbonyl (C=O) groups is 1. The van der Waals surface area contributed by atoms with Crippen LogP contribution in [0.2, 0.25) is 0 Å². The van der Waals surface area contributed by atoms with E-state index >= 15 is 0 Å². The molecule has 154 valence electrons. The molecular formula is C23H21NO6. The maximum atomic E-state index is 13.2. The van der Waals surface area contributed by atoms with Crippen molar-refractivity contribution in [1.29, 1.82) is 0 Å². The number of furan rings is 1. The molecule has 0 aliphatic heterocycles. The summed E-state index contributed by atoms with van der Waals surface area (Å²) in [6.07, 6.45) is 4.02. The van der Waals surface area contributed by atoms with Gasteiger partial charge in [0.25, 0.3) is 5.69 Å². The molecule has 30 heavy (non-hydrogen) atoms. The Labute approximate surface area is 173 Å². The van der Waals surface area contributed by atoms with Crippen LogP contribution in [0.25, 0.3) is 11.6 Å². The highest BCUT2D eigenvalue weighted by Crippen LogP contribution is 2.37. The van der Waals surface area contributed by atoms with Gasteiger partial charge in [0.15, 0.2) is 6.79 Å². The Kier molecular flexibility index (Phi) is 6.77. The van der Waals surface area contributed by atoms with E-state index in [2.05, 4.69) is 0 Å². The Morgan fingerprint density at radius 1 is 1.13 bits per heavy atom. The standard InChI is InChI=1S/C23H21NO6/c1-3-16(20-10-7-13-29-20)14-18-11-12-19(24(26)27)21(23(18)30-15-28-2)22(25)17-8-5-4-6-9-17/h4-14H,3,15H2,1-2H3. The van der Waals surface area contributed by atoms with E-state index in [9.17, 15) is 14.9 Å². The van der Waals surface area contributed by atoms with Crippen LogP contribution in [0.1, 0.15) is 40.6 Å². The lowest BCUT2D eigenvalue weighted by atomic mass is 9.96. The fourth-order valence-electron chi connectivity index (χ4n) is 3.08. The predicted octanol–water partition coefficient (Wildman–Crippen LogP) is 5.35. The van der Waals surface area contributed by atoms with E-state index in [1.165, 1.54) is 13.2 Å². The number of ketones is 1. The Morgan fingerprint density at radius 2 is 1.90 bits per heavy atom. The van der Waals surface area contributed by atoms with Crippen molar-refractivity contribution >= 4 is 23.1 Å². The summed E-state index contributed by atoms with van der Waals surface area (Å²) in [5, 5.41) is 11.7. The topological polar surface area (TPSA) is 91.8 Å². The number of allylic oxidation sites excluding steroid dienone is 1. The second-order valence-corrected chi connectivity index (χ2v) is 6.38. The largest absolute Gasteiger partial charge is 0.466 e. The zero-order valence-corrected chi connectivity index (χ0v) is 16.7. The van der Waals surface area contributed by atoms with Gasteiger partial charge in [-0.2, -0.15) is 0 Å². The van der Waals surface area contributed by atoms with Gasteiger partial charge in [-0.15, -0.1) is 0 Å². The third-order valence-electron chi connectivity index (χ3n) is 4.50. The number of benzene rings is 2. The summed E-state index contributed by atoms with van der Waals surface area (Å²) in [5.41, 5.74) is 1.25. The first-order valence-electron chi connectivity index (χ1n) is 9.34. The molecule has 0 amide bonds. The van der Waals surface area contributed by atoms with Crippen molar-refractivity contribution < 1.29 is 23.6 Å². The SMILES string of the molecule is CCC(=Cc1ccc([N+](=O)[O-])c(C(=O)c2ccccc2)c1OCOC)c1ccco1. The Morgan fingerprint density at radius 3 is 2.50 bits per heavy atom. The van der Waals surface area contributed by atoms with Gasteiger partial charge >= 0.3 is 0 Å². The van der Waals surface area contributed by atoms with Crippen molar-refractivity contribution in [1.82, 2.24) is 0 Å². The zero-order valence-electron chi connectivity index (χ0n) is 16.7. The molecule has 0 aliphatic rings. The van der Waals surface area contributed by atoms with E-state index in [0.29, 0.717) is 23.3 Å². The Hall–Kier alpha value is -3.71. The Balaban J connectivity index is 2.23. The molecular weight excluding hydrogens is 386 g/mol. The molecule has 1 aromatic heterocycles. The van der Waals surface area contributed by atoms with E-state index in [-0.39, 0.29) is 23.8 Å². The molecule has 0 saturated carbocycles. The first-order valence-corrected chi connectivity index (χ1v) is 9.34. The van der Waals surface area contributed by atoms with Crippen LogP contribution in [0, 0.1) is 10.1 Å². The quantitative estimate of drug-likeness (QED) is 0.205. The third kappa shape index (κ3) is 4.47. The van der Waals surface area contributed by atoms with Crippen molar-refractivity contribution in [2.45, 2.75) is 13.3 Å². The number of nitro benzene ring substituents is 1. The highest BCUT2D eigenvalue weighted by atomic mass is 16.7. The lowest BCUT2D eigenvalue weighted by Gasteiger charge is -2.14. The summed E-state index contributed by atoms with van der Waals surface area (Å²) >= 11 is 0. The van der Waals surface area contributed by atoms with Crippen LogP contribution in [-0.2, 0) is 4.74 Å². The highest BCUT2D eigenvalue weighted by molar-refractivity contribution is 6.14. The van der Waals surface area contributed by atoms with Crippen LogP contribution < -0.4 is 4.74 Å². The molecule has 0 unspecified atom stereocenters. The molecule has 0 saturated heterocycles. The van der Waals surface area contributed by atoms with Crippen molar-refractivity contribution in [3.8, 4) is 5.75 Å². The smallest absolute Gasteiger partial charge is 0.284 e. The first-order chi connectivity index (χ1) is 14.6. The van der Waals surface area contributed by atoms with Crippen molar-refractivity contribution in [3.05, 3.63) is 93.4 Å². The lowest BCUT2D eigenvalue weighted by Crippen LogP contribution is -2.11. The number of nitro groups is 1. The minimum atomic E-state index is -0.587. The van der Waals surface area contributed by atoms with Gasteiger partial charge in [0.05, 0.1) is 11.2 Å². The van der Waals surface area contributed by atoms with Crippen molar-refractivity contribution in [2.24, 2.45) is 0 Å². The number of rotatable bonds is 9. The summed E-state index contributed by atoms with van der Waals surface area (Å²) in [6.45, 7) is 1.80. The number of ether oxygens (including phenoxy) is 2. The lowest BCUT2D eigenvalue weighted by molar-refractivity contribution is -0.385. The number of hydrogen-bond donors (Lipinski definition) is 0. The molecule has 7 heteroatoms. The van der Waals surface area contributed by atoms with E-state index in [4.69, 9.17) is 13.9 Å². The van der Waals surface area contributed by atoms with E-state index in [1.54, 1.807) is 54.8 Å². The maximum absolute atomic E-state index is 13.2. The van der Waals surface area contributed by atoms with Crippen LogP contribution in [0.3, 0.4) is 0 Å². The zero-order chi connectivity index (χ0) is 21.5. The van der Waals surface area contributed by atoms with Crippen LogP contribution in [0.4, 0.5) is 5.69 Å². The maximum Gasteiger partial charge on any atom is 0.284 e. The molecule has 0 fully saturated rings. The summed E-state index contributed by atoms with van der Waals surface area (Å²) in [7, 11) is 1.44. The molecule has 0 atom stereocenters. The number of hydrogen-bond acceptors (Lipinski definition) is 6. The summed E-state index contributed by atoms with van der Waals surface area (Å²) < 4.78 is 16.2. The molecule has 3 rings (SSSR count). The molecule has 1 heterocycles. The van der Waals surface area contributed by atoms with Crippen LogP contribution in [0.15, 0.2) is 65.3 Å². The number of methoxy groups -OCH3 is 1. The monoisotopic (exact) mass is 407 g/mol. The average molecular weight is 407 g/mol. The molecule has 7 nitrogen and oxygen atoms in total. The molecule has 0 aliphatic carbocycles. The van der Waals surface area contributed by atoms with Gasteiger partial charge in [0.2, 0.25) is 5.78 Å². The molecule has 0 bridgehead atoms. The predicted molar refractivity (Wildman–Crippen MR) is 112 cm³/mol. The first kappa shape index (κ1) is 21.0. The van der Waals surface area contributed by atoms with Gasteiger partial charge in [0, 0.05) is 24.3 Å². The molecule has 0 radical (unpaired) electrons. The van der Waals surface area contributed by atoms with Gasteiger partial charge in [-0.05, 0) is 36.3 Å². The number of nitrogens with zero attached hydrogens (tertiary/aromatic N) is 1. The van der Waals surface area contributed by atoms with Gasteiger partial charge in [-0.3, -0.25) is 14.9 Å². The minimum Gasteiger partial charge on any atom is -0.466 e. The van der Waals surface area contributed by atoms with Gasteiger partial charge in [0.1, 0.15) is 17.1 Å². The van der Waals surface area contributed by atoms with Gasteiger partial charge in [-0.25, -0.2) is 0 Å². The fraction of sp³-hybridized carbons (Fsp3) is 0.174. The van der Waals surface area contributed by atoms with E-state index in [0.717, 1.165) is 5.57 Å². The van der Waals surface area contributed by atoms with Gasteiger partial charge < -0.3 is 13.9 Å². The van der Waals surface area contributed by atoms with Crippen molar-refractivity contribution in [3.63, 3.8) is 0 Å². The Bertz CT molecular complexity index is 1050. The molecule has 0 N–H and O–H groups in total. The summed E-state index contributed by atoms with van der Waals surface area (Å²) in [6, 6.07) is 14.9. The molecule has 3 aromatic rings. The average Bonchev–Trinajstić information content (AvgIpc) is 3.30. The fourth-order valence-corrected chi connectivity index (χ4v) is 3.08. The summed E-state index contributed by atoms with van der Waals surface area (Å²) in [5.74, 6) is 0.265. The van der Waals surface area contributed by atoms with E-state index in [1.807, 2.05) is 13.0 Å². The number of carbonyl (C=O) groups excluding carboxylic acids is 1. The summed E-state index contributed by atoms with van der Waals surface area (Å²) in [4.78, 5) is 24.3. The van der Waals surface area contributed by atoms with Crippen LogP contribution in [0.5, 0.6) is 5.75 Å². The normalized spacial score (nSPS) is 11.3. The highest BCUT2D eigenvalue weighted by Gasteiger charge is 2.28. The molecule has 0 spiro atoms. The van der Waals surface area contributed by atoms with Crippen LogP contribution in [-0.4, -0.2) is 24.6 Å². The van der Waals surface area contributed by atoms with Crippen molar-refractivity contribution in [2.75, 3.05) is 13.9 Å². The molecule has 2 aromatic carbocycles. The second kappa shape index (κ2) is 9.67. The van der Waals surface area contributed by atoms with E-state index < -0.39 is 10.7 Å². The third-order valence-corrected chi connectivity index (χ3v) is 4.50. The van der Waals surface area contributed by atoms with Gasteiger partial charge in [-0.1, -0.05) is 37.3 Å². The minimum absolute atomic E-state index is 0.0948. The van der Waals surface area contributed by atoms with Crippen LogP contribution >= 0.6 is 0 Å². The second-order valence-electron chi connectivity index (χ2n) is 6.38.